The maximum atomic E-state index is 10.4. The quantitative estimate of drug-likeness (QED) is 0.485. The molecule has 0 saturated heterocycles. The summed E-state index contributed by atoms with van der Waals surface area (Å²) in [5.41, 5.74) is 8.80. The predicted molar refractivity (Wildman–Crippen MR) is 80.1 cm³/mol. The van der Waals surface area contributed by atoms with E-state index in [-0.39, 0.29) is 13.0 Å². The lowest BCUT2D eigenvalue weighted by atomic mass is 9.95. The molecule has 2 aromatic rings. The lowest BCUT2D eigenvalue weighted by Crippen LogP contribution is -2.20. The van der Waals surface area contributed by atoms with Crippen LogP contribution in [0.3, 0.4) is 0 Å². The highest BCUT2D eigenvalue weighted by Gasteiger charge is 2.23. The molecule has 2 unspecified atom stereocenters. The number of aliphatic hydroxyl groups excluding tert-OH is 2. The van der Waals surface area contributed by atoms with Gasteiger partial charge in [0.15, 0.2) is 0 Å². The number of rotatable bonds is 6. The molecule has 2 atom stereocenters. The van der Waals surface area contributed by atoms with Crippen LogP contribution in [-0.2, 0) is 0 Å². The Morgan fingerprint density at radius 2 is 2.00 bits per heavy atom. The Balaban J connectivity index is 2.40. The zero-order valence-electron chi connectivity index (χ0n) is 11.7. The minimum Gasteiger partial charge on any atom is -0.496 e. The fourth-order valence-corrected chi connectivity index (χ4v) is 2.34. The molecule has 6 heteroatoms. The molecule has 0 aromatic heterocycles. The van der Waals surface area contributed by atoms with Crippen molar-refractivity contribution in [2.45, 2.75) is 18.6 Å². The van der Waals surface area contributed by atoms with Crippen LogP contribution in [-0.4, -0.2) is 30.0 Å². The van der Waals surface area contributed by atoms with Crippen molar-refractivity contribution in [3.63, 3.8) is 0 Å². The van der Waals surface area contributed by atoms with Gasteiger partial charge in [-0.1, -0.05) is 35.4 Å². The molecule has 2 N–H and O–H groups in total. The summed E-state index contributed by atoms with van der Waals surface area (Å²) in [4.78, 5) is 2.63. The van der Waals surface area contributed by atoms with E-state index in [1.165, 1.54) is 7.11 Å². The van der Waals surface area contributed by atoms with Crippen LogP contribution in [0.2, 0.25) is 0 Å². The number of fused-ring (bicyclic) bond motifs is 1. The zero-order valence-corrected chi connectivity index (χ0v) is 11.7. The molecule has 110 valence electrons. The highest BCUT2D eigenvalue weighted by Crippen LogP contribution is 2.35. The third kappa shape index (κ3) is 3.25. The lowest BCUT2D eigenvalue weighted by Gasteiger charge is -2.21. The third-order valence-electron chi connectivity index (χ3n) is 3.40. The van der Waals surface area contributed by atoms with Crippen LogP contribution in [0.25, 0.3) is 21.2 Å². The molecule has 0 aliphatic heterocycles. The van der Waals surface area contributed by atoms with Gasteiger partial charge in [-0.2, -0.15) is 0 Å². The van der Waals surface area contributed by atoms with Crippen LogP contribution < -0.4 is 4.74 Å². The maximum Gasteiger partial charge on any atom is 0.125 e. The maximum absolute atomic E-state index is 10.4. The molecule has 0 bridgehead atoms. The molecule has 21 heavy (non-hydrogen) atoms. The molecule has 0 heterocycles. The molecule has 0 saturated carbocycles. The molecular formula is C15H17N3O3. The Bertz CT molecular complexity index is 668. The topological polar surface area (TPSA) is 98.5 Å². The van der Waals surface area contributed by atoms with Crippen molar-refractivity contribution in [1.29, 1.82) is 0 Å². The summed E-state index contributed by atoms with van der Waals surface area (Å²) in [6.45, 7) is 0.127. The molecule has 0 amide bonds. The fourth-order valence-electron chi connectivity index (χ4n) is 2.34. The molecule has 0 aliphatic rings. The number of nitrogens with zero attached hydrogens (tertiary/aromatic N) is 3. The van der Waals surface area contributed by atoms with Crippen LogP contribution in [0.15, 0.2) is 41.5 Å². The van der Waals surface area contributed by atoms with E-state index in [9.17, 15) is 10.2 Å². The first-order chi connectivity index (χ1) is 10.2. The first-order valence-electron chi connectivity index (χ1n) is 6.61. The lowest BCUT2D eigenvalue weighted by molar-refractivity contribution is 0.0146. The van der Waals surface area contributed by atoms with Crippen LogP contribution in [0, 0.1) is 0 Å². The van der Waals surface area contributed by atoms with Gasteiger partial charge in [0.1, 0.15) is 11.9 Å². The SMILES string of the molecule is COc1ccc2ccccc2c1C(O)C(O)CCN=[N+]=[N-]. The zero-order chi connectivity index (χ0) is 15.2. The monoisotopic (exact) mass is 287 g/mol. The van der Waals surface area contributed by atoms with Gasteiger partial charge in [-0.15, -0.1) is 0 Å². The second kappa shape index (κ2) is 6.95. The number of benzene rings is 2. The summed E-state index contributed by atoms with van der Waals surface area (Å²) in [5, 5.41) is 25.7. The van der Waals surface area contributed by atoms with Crippen LogP contribution in [0.1, 0.15) is 18.1 Å². The smallest absolute Gasteiger partial charge is 0.125 e. The van der Waals surface area contributed by atoms with Crippen molar-refractivity contribution in [2.75, 3.05) is 13.7 Å². The summed E-state index contributed by atoms with van der Waals surface area (Å²) in [7, 11) is 1.52. The Kier molecular flexibility index (Phi) is 5.00. The van der Waals surface area contributed by atoms with Crippen LogP contribution in [0.5, 0.6) is 5.75 Å². The van der Waals surface area contributed by atoms with E-state index in [4.69, 9.17) is 10.3 Å². The minimum absolute atomic E-state index is 0.127. The Hall–Kier alpha value is -2.27. The molecule has 0 radical (unpaired) electrons. The number of methoxy groups -OCH3 is 1. The van der Waals surface area contributed by atoms with E-state index in [0.717, 1.165) is 10.8 Å². The second-order valence-corrected chi connectivity index (χ2v) is 4.66. The van der Waals surface area contributed by atoms with Gasteiger partial charge >= 0.3 is 0 Å². The Morgan fingerprint density at radius 1 is 1.24 bits per heavy atom. The number of hydrogen-bond donors (Lipinski definition) is 2. The number of hydrogen-bond acceptors (Lipinski definition) is 4. The van der Waals surface area contributed by atoms with Gasteiger partial charge in [0, 0.05) is 17.0 Å². The van der Waals surface area contributed by atoms with Crippen LogP contribution >= 0.6 is 0 Å². The molecule has 0 fully saturated rings. The van der Waals surface area contributed by atoms with Crippen molar-refractivity contribution >= 4 is 10.8 Å². The standard InChI is InChI=1S/C15H17N3O3/c1-21-13-7-6-10-4-2-3-5-11(10)14(13)15(20)12(19)8-9-17-18-16/h2-7,12,15,19-20H,8-9H2,1H3. The normalized spacial score (nSPS) is 13.5. The van der Waals surface area contributed by atoms with E-state index in [0.29, 0.717) is 11.3 Å². The average molecular weight is 287 g/mol. The first kappa shape index (κ1) is 15.1. The van der Waals surface area contributed by atoms with Crippen molar-refractivity contribution in [2.24, 2.45) is 5.11 Å². The summed E-state index contributed by atoms with van der Waals surface area (Å²) in [6.07, 6.45) is -1.97. The molecule has 6 nitrogen and oxygen atoms in total. The summed E-state index contributed by atoms with van der Waals surface area (Å²) < 4.78 is 5.30. The van der Waals surface area contributed by atoms with Crippen molar-refractivity contribution in [3.8, 4) is 5.75 Å². The molecule has 0 aliphatic carbocycles. The second-order valence-electron chi connectivity index (χ2n) is 4.66. The van der Waals surface area contributed by atoms with Gasteiger partial charge in [0.2, 0.25) is 0 Å². The van der Waals surface area contributed by atoms with Gasteiger partial charge in [-0.05, 0) is 28.8 Å². The van der Waals surface area contributed by atoms with E-state index >= 15 is 0 Å². The summed E-state index contributed by atoms with van der Waals surface area (Å²) in [6, 6.07) is 11.2. The average Bonchev–Trinajstić information content (AvgIpc) is 2.53. The number of ether oxygens (including phenoxy) is 1. The molecule has 2 rings (SSSR count). The van der Waals surface area contributed by atoms with Crippen molar-refractivity contribution in [1.82, 2.24) is 0 Å². The summed E-state index contributed by atoms with van der Waals surface area (Å²) in [5.74, 6) is 0.518. The Morgan fingerprint density at radius 3 is 2.71 bits per heavy atom. The third-order valence-corrected chi connectivity index (χ3v) is 3.40. The van der Waals surface area contributed by atoms with Gasteiger partial charge in [0.25, 0.3) is 0 Å². The number of azide groups is 1. The highest BCUT2D eigenvalue weighted by atomic mass is 16.5. The van der Waals surface area contributed by atoms with E-state index < -0.39 is 12.2 Å². The van der Waals surface area contributed by atoms with Gasteiger partial charge < -0.3 is 14.9 Å². The van der Waals surface area contributed by atoms with Gasteiger partial charge in [-0.3, -0.25) is 0 Å². The van der Waals surface area contributed by atoms with Gasteiger partial charge in [0.05, 0.1) is 13.2 Å². The highest BCUT2D eigenvalue weighted by molar-refractivity contribution is 5.88. The predicted octanol–water partition coefficient (Wildman–Crippen LogP) is 2.94. The van der Waals surface area contributed by atoms with Crippen molar-refractivity contribution in [3.05, 3.63) is 52.4 Å². The first-order valence-corrected chi connectivity index (χ1v) is 6.61. The fraction of sp³-hybridized carbons (Fsp3) is 0.333. The van der Waals surface area contributed by atoms with Gasteiger partial charge in [-0.25, -0.2) is 0 Å². The number of aliphatic hydroxyl groups is 2. The van der Waals surface area contributed by atoms with Crippen molar-refractivity contribution < 1.29 is 14.9 Å². The molecule has 0 spiro atoms. The molecular weight excluding hydrogens is 270 g/mol. The molecule has 2 aromatic carbocycles. The van der Waals surface area contributed by atoms with E-state index in [1.807, 2.05) is 30.3 Å². The van der Waals surface area contributed by atoms with E-state index in [2.05, 4.69) is 10.0 Å². The van der Waals surface area contributed by atoms with Crippen LogP contribution in [0.4, 0.5) is 0 Å². The minimum atomic E-state index is -1.11. The largest absolute Gasteiger partial charge is 0.496 e. The summed E-state index contributed by atoms with van der Waals surface area (Å²) >= 11 is 0. The Labute approximate surface area is 122 Å². The van der Waals surface area contributed by atoms with E-state index in [1.54, 1.807) is 6.07 Å².